The van der Waals surface area contributed by atoms with Crippen LogP contribution in [0.25, 0.3) is 0 Å². The number of amides is 2. The second-order valence-corrected chi connectivity index (χ2v) is 7.34. The average molecular weight is 387 g/mol. The third-order valence-electron chi connectivity index (χ3n) is 5.14. The fourth-order valence-corrected chi connectivity index (χ4v) is 4.06. The molecule has 0 bridgehead atoms. The van der Waals surface area contributed by atoms with Crippen LogP contribution >= 0.6 is 12.2 Å². The van der Waals surface area contributed by atoms with Crippen LogP contribution in [-0.2, 0) is 16.1 Å². The summed E-state index contributed by atoms with van der Waals surface area (Å²) in [6.45, 7) is 0.567. The summed E-state index contributed by atoms with van der Waals surface area (Å²) in [5.41, 5.74) is 0.916. The zero-order valence-electron chi connectivity index (χ0n) is 14.8. The molecule has 1 aromatic rings. The number of benzene rings is 1. The molecule has 1 aliphatic carbocycles. The molecule has 1 saturated carbocycles. The number of fused-ring (bicyclic) bond motifs is 1. The number of nitrogens with zero attached hydrogens (tertiary/aromatic N) is 2. The topological polar surface area (TPSA) is 80.2 Å². The van der Waals surface area contributed by atoms with E-state index in [0.29, 0.717) is 18.0 Å². The summed E-state index contributed by atoms with van der Waals surface area (Å²) >= 11 is 5.25. The molecule has 27 heavy (non-hydrogen) atoms. The van der Waals surface area contributed by atoms with Gasteiger partial charge in [-0.25, -0.2) is 0 Å². The van der Waals surface area contributed by atoms with E-state index in [9.17, 15) is 9.59 Å². The number of hydrogen-bond acceptors (Lipinski definition) is 6. The quantitative estimate of drug-likeness (QED) is 0.487. The van der Waals surface area contributed by atoms with Crippen LogP contribution in [0.3, 0.4) is 0 Å². The number of aliphatic imine (C=N–C) groups is 1. The Morgan fingerprint density at radius 1 is 1.19 bits per heavy atom. The first-order valence-corrected chi connectivity index (χ1v) is 9.60. The van der Waals surface area contributed by atoms with Gasteiger partial charge in [0.2, 0.25) is 18.6 Å². The zero-order chi connectivity index (χ0) is 18.8. The van der Waals surface area contributed by atoms with Crippen LogP contribution in [0.15, 0.2) is 23.2 Å². The zero-order valence-corrected chi connectivity index (χ0v) is 15.7. The van der Waals surface area contributed by atoms with Crippen molar-refractivity contribution in [2.75, 3.05) is 6.79 Å². The van der Waals surface area contributed by atoms with Crippen molar-refractivity contribution in [3.05, 3.63) is 23.8 Å². The molecule has 1 atom stereocenters. The number of carbonyl (C=O) groups is 2. The van der Waals surface area contributed by atoms with Gasteiger partial charge in [-0.05, 0) is 42.8 Å². The summed E-state index contributed by atoms with van der Waals surface area (Å²) < 4.78 is 10.6. The van der Waals surface area contributed by atoms with Gasteiger partial charge in [-0.15, -0.1) is 0 Å². The molecule has 2 heterocycles. The van der Waals surface area contributed by atoms with Crippen molar-refractivity contribution in [3.63, 3.8) is 0 Å². The Kier molecular flexibility index (Phi) is 5.07. The van der Waals surface area contributed by atoms with Gasteiger partial charge in [0.05, 0.1) is 6.54 Å². The fraction of sp³-hybridized carbons (Fsp3) is 0.474. The highest BCUT2D eigenvalue weighted by Crippen LogP contribution is 2.32. The van der Waals surface area contributed by atoms with Crippen molar-refractivity contribution in [1.82, 2.24) is 10.2 Å². The van der Waals surface area contributed by atoms with Gasteiger partial charge in [-0.1, -0.05) is 25.3 Å². The van der Waals surface area contributed by atoms with E-state index in [2.05, 4.69) is 10.3 Å². The normalized spacial score (nSPS) is 23.2. The van der Waals surface area contributed by atoms with Crippen LogP contribution in [0.4, 0.5) is 0 Å². The predicted molar refractivity (Wildman–Crippen MR) is 103 cm³/mol. The second kappa shape index (κ2) is 7.64. The summed E-state index contributed by atoms with van der Waals surface area (Å²) in [4.78, 5) is 31.1. The minimum absolute atomic E-state index is 0.0732. The molecule has 1 saturated heterocycles. The van der Waals surface area contributed by atoms with E-state index < -0.39 is 11.8 Å². The number of nitrogens with one attached hydrogen (secondary N) is 1. The van der Waals surface area contributed by atoms with Crippen LogP contribution in [0.2, 0.25) is 0 Å². The number of hydrogen-bond donors (Lipinski definition) is 1. The minimum atomic E-state index is -0.937. The summed E-state index contributed by atoms with van der Waals surface area (Å²) in [7, 11) is 0. The lowest BCUT2D eigenvalue weighted by atomic mass is 9.92. The average Bonchev–Trinajstić information content (AvgIpc) is 3.13. The summed E-state index contributed by atoms with van der Waals surface area (Å²) in [5, 5.41) is 2.88. The van der Waals surface area contributed by atoms with Crippen molar-refractivity contribution in [1.29, 1.82) is 0 Å². The second-order valence-electron chi connectivity index (χ2n) is 6.95. The van der Waals surface area contributed by atoms with E-state index in [1.165, 1.54) is 12.6 Å². The van der Waals surface area contributed by atoms with Crippen molar-refractivity contribution < 1.29 is 19.1 Å². The molecule has 1 unspecified atom stereocenters. The van der Waals surface area contributed by atoms with Crippen LogP contribution < -0.4 is 14.8 Å². The lowest BCUT2D eigenvalue weighted by Crippen LogP contribution is -2.61. The highest BCUT2D eigenvalue weighted by Gasteiger charge is 2.41. The summed E-state index contributed by atoms with van der Waals surface area (Å²) in [5.74, 6) is -0.228. The van der Waals surface area contributed by atoms with Gasteiger partial charge in [-0.3, -0.25) is 19.5 Å². The Balaban J connectivity index is 1.45. The molecule has 142 valence electrons. The smallest absolute Gasteiger partial charge is 0.247 e. The maximum absolute atomic E-state index is 12.9. The maximum Gasteiger partial charge on any atom is 0.247 e. The number of carbonyl (C=O) groups excluding carboxylic acids is 2. The van der Waals surface area contributed by atoms with Crippen LogP contribution in [0, 0.1) is 5.92 Å². The van der Waals surface area contributed by atoms with E-state index in [0.717, 1.165) is 31.2 Å². The summed E-state index contributed by atoms with van der Waals surface area (Å²) in [6.07, 6.45) is 6.60. The van der Waals surface area contributed by atoms with Gasteiger partial charge in [0.1, 0.15) is 0 Å². The van der Waals surface area contributed by atoms with E-state index in [4.69, 9.17) is 21.7 Å². The maximum atomic E-state index is 12.9. The van der Waals surface area contributed by atoms with Crippen molar-refractivity contribution >= 4 is 35.4 Å². The van der Waals surface area contributed by atoms with Crippen molar-refractivity contribution in [2.24, 2.45) is 10.9 Å². The molecular weight excluding hydrogens is 366 g/mol. The largest absolute Gasteiger partial charge is 0.454 e. The molecule has 3 aliphatic rings. The SMILES string of the molecule is O=C1NC(=S)N(C2CCCCC2)C(=O)C1C=NCc1ccc2c(c1)OCO2. The van der Waals surface area contributed by atoms with Crippen LogP contribution in [0.1, 0.15) is 37.7 Å². The molecule has 4 rings (SSSR count). The van der Waals surface area contributed by atoms with Crippen LogP contribution in [0.5, 0.6) is 11.5 Å². The molecule has 8 heteroatoms. The number of ether oxygens (including phenoxy) is 2. The molecule has 0 aromatic heterocycles. The van der Waals surface area contributed by atoms with Gasteiger partial charge in [0.15, 0.2) is 22.5 Å². The van der Waals surface area contributed by atoms with E-state index in [1.807, 2.05) is 18.2 Å². The number of rotatable bonds is 4. The van der Waals surface area contributed by atoms with Crippen molar-refractivity contribution in [3.8, 4) is 11.5 Å². The lowest BCUT2D eigenvalue weighted by Gasteiger charge is -2.38. The van der Waals surface area contributed by atoms with Gasteiger partial charge in [0, 0.05) is 12.3 Å². The molecule has 0 radical (unpaired) electrons. The molecule has 7 nitrogen and oxygen atoms in total. The van der Waals surface area contributed by atoms with Crippen molar-refractivity contribution in [2.45, 2.75) is 44.7 Å². The molecule has 2 aliphatic heterocycles. The van der Waals surface area contributed by atoms with Gasteiger partial charge in [-0.2, -0.15) is 0 Å². The molecule has 2 amide bonds. The third kappa shape index (κ3) is 3.66. The predicted octanol–water partition coefficient (Wildman–Crippen LogP) is 2.18. The first-order chi connectivity index (χ1) is 13.1. The molecule has 1 aromatic carbocycles. The summed E-state index contributed by atoms with van der Waals surface area (Å²) in [6, 6.07) is 5.64. The van der Waals surface area contributed by atoms with Crippen LogP contribution in [-0.4, -0.2) is 40.9 Å². The Bertz CT molecular complexity index is 804. The monoisotopic (exact) mass is 387 g/mol. The van der Waals surface area contributed by atoms with E-state index >= 15 is 0 Å². The Morgan fingerprint density at radius 3 is 2.78 bits per heavy atom. The highest BCUT2D eigenvalue weighted by atomic mass is 32.1. The molecular formula is C19H21N3O4S. The van der Waals surface area contributed by atoms with Gasteiger partial charge in [0.25, 0.3) is 0 Å². The van der Waals surface area contributed by atoms with Gasteiger partial charge >= 0.3 is 0 Å². The molecule has 1 N–H and O–H groups in total. The fourth-order valence-electron chi connectivity index (χ4n) is 3.72. The molecule has 2 fully saturated rings. The Labute approximate surface area is 162 Å². The molecule has 0 spiro atoms. The third-order valence-corrected chi connectivity index (χ3v) is 5.44. The first kappa shape index (κ1) is 17.9. The first-order valence-electron chi connectivity index (χ1n) is 9.20. The highest BCUT2D eigenvalue weighted by molar-refractivity contribution is 7.80. The minimum Gasteiger partial charge on any atom is -0.454 e. The number of thiocarbonyl (C=S) groups is 1. The Hall–Kier alpha value is -2.48. The lowest BCUT2D eigenvalue weighted by molar-refractivity contribution is -0.139. The Morgan fingerprint density at radius 2 is 1.96 bits per heavy atom. The van der Waals surface area contributed by atoms with Gasteiger partial charge < -0.3 is 14.8 Å². The van der Waals surface area contributed by atoms with E-state index in [-0.39, 0.29) is 23.9 Å². The van der Waals surface area contributed by atoms with E-state index in [1.54, 1.807) is 4.90 Å². The standard InChI is InChI=1S/C19H21N3O4S/c23-17-14(10-20-9-12-6-7-15-16(8-12)26-11-25-15)18(24)22(19(27)21-17)13-4-2-1-3-5-13/h6-8,10,13-14H,1-5,9,11H2,(H,21,23,27).